The summed E-state index contributed by atoms with van der Waals surface area (Å²) in [7, 11) is -2.59. The van der Waals surface area contributed by atoms with E-state index in [0.29, 0.717) is 13.1 Å². The molecule has 1 fully saturated rings. The molecule has 0 spiro atoms. The van der Waals surface area contributed by atoms with Crippen LogP contribution in [0, 0.1) is 15.9 Å². The summed E-state index contributed by atoms with van der Waals surface area (Å²) in [5.41, 5.74) is 0.414. The molecule has 0 amide bonds. The van der Waals surface area contributed by atoms with Crippen LogP contribution in [-0.2, 0) is 10.0 Å². The number of nitro groups is 1. The maximum absolute atomic E-state index is 13.0. The summed E-state index contributed by atoms with van der Waals surface area (Å²) in [6.45, 7) is 1.31. The lowest BCUT2D eigenvalue weighted by Gasteiger charge is -2.35. The minimum atomic E-state index is -3.87. The molecule has 1 saturated heterocycles. The van der Waals surface area contributed by atoms with Gasteiger partial charge in [0, 0.05) is 37.9 Å². The van der Waals surface area contributed by atoms with Gasteiger partial charge in [-0.25, -0.2) is 12.8 Å². The number of anilines is 1. The zero-order chi connectivity index (χ0) is 19.6. The summed E-state index contributed by atoms with van der Waals surface area (Å²) >= 11 is 0. The Morgan fingerprint density at radius 3 is 2.26 bits per heavy atom. The third-order valence-electron chi connectivity index (χ3n) is 4.42. The Morgan fingerprint density at radius 2 is 1.70 bits per heavy atom. The number of ether oxygens (including phenoxy) is 1. The van der Waals surface area contributed by atoms with Gasteiger partial charge >= 0.3 is 5.69 Å². The number of methoxy groups -OCH3 is 1. The summed E-state index contributed by atoms with van der Waals surface area (Å²) in [6, 6.07) is 9.59. The van der Waals surface area contributed by atoms with E-state index in [-0.39, 0.29) is 29.6 Å². The number of rotatable bonds is 5. The number of nitrogens with zero attached hydrogens (tertiary/aromatic N) is 3. The van der Waals surface area contributed by atoms with Crippen LogP contribution in [0.15, 0.2) is 47.4 Å². The average Bonchev–Trinajstić information content (AvgIpc) is 2.68. The Hall–Kier alpha value is -2.72. The summed E-state index contributed by atoms with van der Waals surface area (Å²) in [5, 5.41) is 11.1. The van der Waals surface area contributed by atoms with Gasteiger partial charge in [-0.1, -0.05) is 0 Å². The minimum absolute atomic E-state index is 0.0000733. The molecule has 144 valence electrons. The lowest BCUT2D eigenvalue weighted by Crippen LogP contribution is -2.48. The number of hydrogen-bond donors (Lipinski definition) is 0. The van der Waals surface area contributed by atoms with Crippen molar-refractivity contribution in [1.82, 2.24) is 4.31 Å². The number of piperazine rings is 1. The van der Waals surface area contributed by atoms with E-state index in [0.717, 1.165) is 11.8 Å². The van der Waals surface area contributed by atoms with Crippen LogP contribution in [0.4, 0.5) is 15.8 Å². The summed E-state index contributed by atoms with van der Waals surface area (Å²) in [5.74, 6) is -0.332. The van der Waals surface area contributed by atoms with Crippen LogP contribution >= 0.6 is 0 Å². The van der Waals surface area contributed by atoms with Crippen LogP contribution in [-0.4, -0.2) is 50.9 Å². The molecule has 0 aromatic heterocycles. The molecule has 1 heterocycles. The second kappa shape index (κ2) is 7.49. The predicted octanol–water partition coefficient (Wildman–Crippen LogP) is 2.25. The van der Waals surface area contributed by atoms with E-state index in [2.05, 4.69) is 0 Å². The lowest BCUT2D eigenvalue weighted by molar-refractivity contribution is -0.386. The van der Waals surface area contributed by atoms with Gasteiger partial charge in [-0.15, -0.1) is 0 Å². The molecule has 1 aliphatic rings. The fourth-order valence-electron chi connectivity index (χ4n) is 2.96. The fraction of sp³-hybridized carbons (Fsp3) is 0.294. The van der Waals surface area contributed by atoms with Crippen LogP contribution < -0.4 is 9.64 Å². The normalized spacial score (nSPS) is 15.6. The van der Waals surface area contributed by atoms with Crippen LogP contribution in [0.25, 0.3) is 0 Å². The highest BCUT2D eigenvalue weighted by Gasteiger charge is 2.30. The van der Waals surface area contributed by atoms with Crippen LogP contribution in [0.5, 0.6) is 5.75 Å². The zero-order valence-corrected chi connectivity index (χ0v) is 15.4. The molecule has 0 saturated carbocycles. The van der Waals surface area contributed by atoms with E-state index in [9.17, 15) is 22.9 Å². The first kappa shape index (κ1) is 19.1. The van der Waals surface area contributed by atoms with Crippen molar-refractivity contribution >= 4 is 21.4 Å². The molecule has 3 rings (SSSR count). The maximum Gasteiger partial charge on any atom is 0.312 e. The first-order chi connectivity index (χ1) is 12.8. The predicted molar refractivity (Wildman–Crippen MR) is 97.0 cm³/mol. The van der Waals surface area contributed by atoms with E-state index in [1.165, 1.54) is 35.7 Å². The highest BCUT2D eigenvalue weighted by Crippen LogP contribution is 2.31. The van der Waals surface area contributed by atoms with Gasteiger partial charge in [0.25, 0.3) is 0 Å². The Bertz CT molecular complexity index is 942. The summed E-state index contributed by atoms with van der Waals surface area (Å²) in [6.07, 6.45) is 0. The number of halogens is 1. The number of sulfonamides is 1. The molecule has 1 aliphatic heterocycles. The number of hydrogen-bond acceptors (Lipinski definition) is 6. The molecule has 0 bridgehead atoms. The third-order valence-corrected chi connectivity index (χ3v) is 6.31. The average molecular weight is 395 g/mol. The maximum atomic E-state index is 13.0. The molecule has 2 aromatic rings. The van der Waals surface area contributed by atoms with Crippen LogP contribution in [0.3, 0.4) is 0 Å². The van der Waals surface area contributed by atoms with Crippen molar-refractivity contribution < 1.29 is 22.5 Å². The molecule has 10 heteroatoms. The van der Waals surface area contributed by atoms with Gasteiger partial charge in [-0.3, -0.25) is 10.1 Å². The zero-order valence-electron chi connectivity index (χ0n) is 14.5. The Morgan fingerprint density at radius 1 is 1.07 bits per heavy atom. The van der Waals surface area contributed by atoms with Gasteiger partial charge in [0.1, 0.15) is 5.82 Å². The quantitative estimate of drug-likeness (QED) is 0.569. The van der Waals surface area contributed by atoms with Crippen molar-refractivity contribution in [2.75, 3.05) is 38.2 Å². The van der Waals surface area contributed by atoms with E-state index >= 15 is 0 Å². The van der Waals surface area contributed by atoms with Crippen LogP contribution in [0.1, 0.15) is 0 Å². The van der Waals surface area contributed by atoms with Gasteiger partial charge < -0.3 is 9.64 Å². The Labute approximate surface area is 156 Å². The molecule has 8 nitrogen and oxygen atoms in total. The number of benzene rings is 2. The van der Waals surface area contributed by atoms with E-state index < -0.39 is 20.6 Å². The second-order valence-corrected chi connectivity index (χ2v) is 7.90. The third kappa shape index (κ3) is 3.86. The molecule has 2 aromatic carbocycles. The Balaban J connectivity index is 1.78. The summed E-state index contributed by atoms with van der Waals surface area (Å²) < 4.78 is 44.9. The molecule has 0 atom stereocenters. The topological polar surface area (TPSA) is 93.0 Å². The molecule has 0 aliphatic carbocycles. The molecule has 0 N–H and O–H groups in total. The first-order valence-corrected chi connectivity index (χ1v) is 9.60. The van der Waals surface area contributed by atoms with Crippen molar-refractivity contribution in [3.05, 3.63) is 58.4 Å². The van der Waals surface area contributed by atoms with E-state index in [1.54, 1.807) is 12.1 Å². The van der Waals surface area contributed by atoms with Gasteiger partial charge in [-0.05, 0) is 36.4 Å². The first-order valence-electron chi connectivity index (χ1n) is 8.16. The summed E-state index contributed by atoms with van der Waals surface area (Å²) in [4.78, 5) is 12.3. The van der Waals surface area contributed by atoms with Crippen molar-refractivity contribution in [1.29, 1.82) is 0 Å². The smallest absolute Gasteiger partial charge is 0.312 e. The number of nitro benzene ring substituents is 1. The van der Waals surface area contributed by atoms with Gasteiger partial charge in [0.05, 0.1) is 16.9 Å². The van der Waals surface area contributed by atoms with Crippen molar-refractivity contribution in [2.45, 2.75) is 4.90 Å². The van der Waals surface area contributed by atoms with Crippen molar-refractivity contribution in [2.24, 2.45) is 0 Å². The van der Waals surface area contributed by atoms with Gasteiger partial charge in [-0.2, -0.15) is 4.31 Å². The van der Waals surface area contributed by atoms with Crippen molar-refractivity contribution in [3.63, 3.8) is 0 Å². The fourth-order valence-corrected chi connectivity index (χ4v) is 4.40. The van der Waals surface area contributed by atoms with Gasteiger partial charge in [0.2, 0.25) is 10.0 Å². The highest BCUT2D eigenvalue weighted by molar-refractivity contribution is 7.89. The standard InChI is InChI=1S/C17H18FN3O5S/c1-26-17-7-6-15(12-16(17)21(22)23)27(24,25)20-10-8-19(9-11-20)14-4-2-13(18)3-5-14/h2-7,12H,8-11H2,1H3. The van der Waals surface area contributed by atoms with E-state index in [4.69, 9.17) is 4.74 Å². The molecular weight excluding hydrogens is 377 g/mol. The second-order valence-electron chi connectivity index (χ2n) is 5.96. The van der Waals surface area contributed by atoms with E-state index in [1.807, 2.05) is 4.90 Å². The molecule has 0 unspecified atom stereocenters. The minimum Gasteiger partial charge on any atom is -0.490 e. The SMILES string of the molecule is COc1ccc(S(=O)(=O)N2CCN(c3ccc(F)cc3)CC2)cc1[N+](=O)[O-]. The van der Waals surface area contributed by atoms with Crippen molar-refractivity contribution in [3.8, 4) is 5.75 Å². The lowest BCUT2D eigenvalue weighted by atomic mass is 10.2. The molecule has 0 radical (unpaired) electrons. The molecule has 27 heavy (non-hydrogen) atoms. The van der Waals surface area contributed by atoms with Crippen LogP contribution in [0.2, 0.25) is 0 Å². The highest BCUT2D eigenvalue weighted by atomic mass is 32.2. The molecular formula is C17H18FN3O5S. The van der Waals surface area contributed by atoms with Gasteiger partial charge in [0.15, 0.2) is 5.75 Å². The Kier molecular flexibility index (Phi) is 5.29. The largest absolute Gasteiger partial charge is 0.490 e. The monoisotopic (exact) mass is 395 g/mol.